The van der Waals surface area contributed by atoms with Gasteiger partial charge in [0.15, 0.2) is 0 Å². The zero-order valence-corrected chi connectivity index (χ0v) is 11.7. The van der Waals surface area contributed by atoms with Crippen molar-refractivity contribution in [2.24, 2.45) is 5.92 Å². The minimum absolute atomic E-state index is 0.0177. The Morgan fingerprint density at radius 3 is 2.47 bits per heavy atom. The largest absolute Gasteiger partial charge is 0.477 e. The van der Waals surface area contributed by atoms with E-state index in [1.54, 1.807) is 0 Å². The van der Waals surface area contributed by atoms with Gasteiger partial charge in [-0.2, -0.15) is 4.98 Å². The molecule has 0 amide bonds. The first-order valence-corrected chi connectivity index (χ1v) is 6.03. The third-order valence-electron chi connectivity index (χ3n) is 1.88. The zero-order valence-electron chi connectivity index (χ0n) is 11.7. The highest BCUT2D eigenvalue weighted by molar-refractivity contribution is 5.40. The number of hydrogen-bond donors (Lipinski definition) is 1. The molecule has 0 bridgehead atoms. The molecule has 0 atom stereocenters. The molecule has 4 heteroatoms. The van der Waals surface area contributed by atoms with Gasteiger partial charge < -0.3 is 10.1 Å². The van der Waals surface area contributed by atoms with Gasteiger partial charge in [0.1, 0.15) is 11.6 Å². The minimum Gasteiger partial charge on any atom is -0.477 e. The summed E-state index contributed by atoms with van der Waals surface area (Å²) in [4.78, 5) is 8.61. The Kier molecular flexibility index (Phi) is 4.32. The maximum absolute atomic E-state index is 5.61. The number of anilines is 1. The van der Waals surface area contributed by atoms with Gasteiger partial charge in [-0.1, -0.05) is 13.8 Å². The SMILES string of the molecule is Cc1nc(NC(C)(C)C)cc(OCC(C)C)n1. The van der Waals surface area contributed by atoms with Crippen LogP contribution < -0.4 is 10.1 Å². The number of hydrogen-bond acceptors (Lipinski definition) is 4. The van der Waals surface area contributed by atoms with E-state index in [9.17, 15) is 0 Å². The van der Waals surface area contributed by atoms with Gasteiger partial charge in [0.25, 0.3) is 0 Å². The van der Waals surface area contributed by atoms with Gasteiger partial charge in [-0.25, -0.2) is 4.98 Å². The second kappa shape index (κ2) is 5.34. The molecule has 0 aliphatic heterocycles. The summed E-state index contributed by atoms with van der Waals surface area (Å²) in [7, 11) is 0. The van der Waals surface area contributed by atoms with Crippen molar-refractivity contribution in [3.63, 3.8) is 0 Å². The predicted molar refractivity (Wildman–Crippen MR) is 70.5 cm³/mol. The van der Waals surface area contributed by atoms with Crippen LogP contribution in [-0.4, -0.2) is 22.1 Å². The zero-order chi connectivity index (χ0) is 13.1. The molecular weight excluding hydrogens is 214 g/mol. The van der Waals surface area contributed by atoms with Crippen molar-refractivity contribution < 1.29 is 4.74 Å². The summed E-state index contributed by atoms with van der Waals surface area (Å²) >= 11 is 0. The fourth-order valence-corrected chi connectivity index (χ4v) is 1.31. The van der Waals surface area contributed by atoms with E-state index in [1.165, 1.54) is 0 Å². The number of rotatable bonds is 4. The molecule has 96 valence electrons. The Morgan fingerprint density at radius 2 is 1.94 bits per heavy atom. The third kappa shape index (κ3) is 5.52. The number of aryl methyl sites for hydroxylation is 1. The molecule has 17 heavy (non-hydrogen) atoms. The van der Waals surface area contributed by atoms with Crippen molar-refractivity contribution in [2.45, 2.75) is 47.1 Å². The molecule has 4 nitrogen and oxygen atoms in total. The van der Waals surface area contributed by atoms with Crippen LogP contribution in [0.3, 0.4) is 0 Å². The summed E-state index contributed by atoms with van der Waals surface area (Å²) in [6, 6.07) is 1.85. The minimum atomic E-state index is -0.0177. The van der Waals surface area contributed by atoms with E-state index in [0.717, 1.165) is 11.6 Å². The highest BCUT2D eigenvalue weighted by atomic mass is 16.5. The standard InChI is InChI=1S/C13H23N3O/c1-9(2)8-17-12-7-11(14-10(3)15-12)16-13(4,5)6/h7,9H,8H2,1-6H3,(H,14,15,16). The van der Waals surface area contributed by atoms with E-state index in [4.69, 9.17) is 4.74 Å². The molecule has 1 aromatic heterocycles. The molecular formula is C13H23N3O. The summed E-state index contributed by atoms with van der Waals surface area (Å²) in [5.74, 6) is 2.66. The molecule has 0 aromatic carbocycles. The van der Waals surface area contributed by atoms with Crippen LogP contribution >= 0.6 is 0 Å². The van der Waals surface area contributed by atoms with Crippen LogP contribution in [0.5, 0.6) is 5.88 Å². The van der Waals surface area contributed by atoms with Gasteiger partial charge in [0.05, 0.1) is 6.61 Å². The van der Waals surface area contributed by atoms with E-state index in [1.807, 2.05) is 13.0 Å². The number of nitrogens with one attached hydrogen (secondary N) is 1. The van der Waals surface area contributed by atoms with Gasteiger partial charge >= 0.3 is 0 Å². The molecule has 1 rings (SSSR count). The fraction of sp³-hybridized carbons (Fsp3) is 0.692. The second-order valence-corrected chi connectivity index (χ2v) is 5.72. The van der Waals surface area contributed by atoms with Gasteiger partial charge in [-0.3, -0.25) is 0 Å². The molecule has 0 saturated carbocycles. The van der Waals surface area contributed by atoms with Crippen molar-refractivity contribution >= 4 is 5.82 Å². The number of ether oxygens (including phenoxy) is 1. The molecule has 0 fully saturated rings. The lowest BCUT2D eigenvalue weighted by atomic mass is 10.1. The van der Waals surface area contributed by atoms with Crippen LogP contribution in [0.15, 0.2) is 6.07 Å². The van der Waals surface area contributed by atoms with Crippen LogP contribution in [-0.2, 0) is 0 Å². The predicted octanol–water partition coefficient (Wildman–Crippen LogP) is 3.03. The van der Waals surface area contributed by atoms with E-state index in [0.29, 0.717) is 18.4 Å². The average Bonchev–Trinajstić information content (AvgIpc) is 2.10. The van der Waals surface area contributed by atoms with Crippen molar-refractivity contribution in [3.8, 4) is 5.88 Å². The topological polar surface area (TPSA) is 47.0 Å². The molecule has 0 aliphatic carbocycles. The maximum Gasteiger partial charge on any atom is 0.218 e. The average molecular weight is 237 g/mol. The Morgan fingerprint density at radius 1 is 1.29 bits per heavy atom. The third-order valence-corrected chi connectivity index (χ3v) is 1.88. The Labute approximate surface area is 104 Å². The number of nitrogens with zero attached hydrogens (tertiary/aromatic N) is 2. The van der Waals surface area contributed by atoms with Crippen LogP contribution in [0, 0.1) is 12.8 Å². The van der Waals surface area contributed by atoms with Crippen LogP contribution in [0.2, 0.25) is 0 Å². The van der Waals surface area contributed by atoms with Crippen molar-refractivity contribution in [3.05, 3.63) is 11.9 Å². The molecule has 0 radical (unpaired) electrons. The normalized spacial score (nSPS) is 11.7. The van der Waals surface area contributed by atoms with Crippen LogP contribution in [0.1, 0.15) is 40.4 Å². The van der Waals surface area contributed by atoms with Gasteiger partial charge in [0, 0.05) is 11.6 Å². The molecule has 0 saturated heterocycles. The summed E-state index contributed by atoms with van der Waals surface area (Å²) in [6.45, 7) is 13.1. The van der Waals surface area contributed by atoms with Crippen molar-refractivity contribution in [2.75, 3.05) is 11.9 Å². The van der Waals surface area contributed by atoms with Crippen LogP contribution in [0.25, 0.3) is 0 Å². The molecule has 1 aromatic rings. The van der Waals surface area contributed by atoms with Gasteiger partial charge in [-0.15, -0.1) is 0 Å². The van der Waals surface area contributed by atoms with E-state index < -0.39 is 0 Å². The lowest BCUT2D eigenvalue weighted by molar-refractivity contribution is 0.260. The van der Waals surface area contributed by atoms with Gasteiger partial charge in [0.2, 0.25) is 5.88 Å². The molecule has 1 N–H and O–H groups in total. The van der Waals surface area contributed by atoms with E-state index >= 15 is 0 Å². The molecule has 0 spiro atoms. The molecule has 0 aliphatic rings. The Bertz CT molecular complexity index is 369. The monoisotopic (exact) mass is 237 g/mol. The Balaban J connectivity index is 2.79. The lowest BCUT2D eigenvalue weighted by Crippen LogP contribution is -2.27. The first kappa shape index (κ1) is 13.7. The Hall–Kier alpha value is -1.32. The van der Waals surface area contributed by atoms with Gasteiger partial charge in [-0.05, 0) is 33.6 Å². The van der Waals surface area contributed by atoms with E-state index in [-0.39, 0.29) is 5.54 Å². The summed E-state index contributed by atoms with van der Waals surface area (Å²) < 4.78 is 5.61. The molecule has 0 unspecified atom stereocenters. The lowest BCUT2D eigenvalue weighted by Gasteiger charge is -2.21. The highest BCUT2D eigenvalue weighted by Gasteiger charge is 2.12. The number of aromatic nitrogens is 2. The summed E-state index contributed by atoms with van der Waals surface area (Å²) in [5.41, 5.74) is -0.0177. The smallest absolute Gasteiger partial charge is 0.218 e. The van der Waals surface area contributed by atoms with E-state index in [2.05, 4.69) is 49.9 Å². The first-order valence-electron chi connectivity index (χ1n) is 6.03. The fourth-order valence-electron chi connectivity index (χ4n) is 1.31. The van der Waals surface area contributed by atoms with Crippen molar-refractivity contribution in [1.29, 1.82) is 0 Å². The quantitative estimate of drug-likeness (QED) is 0.874. The van der Waals surface area contributed by atoms with Crippen molar-refractivity contribution in [1.82, 2.24) is 9.97 Å². The first-order chi connectivity index (χ1) is 7.76. The summed E-state index contributed by atoms with van der Waals surface area (Å²) in [6.07, 6.45) is 0. The molecule has 1 heterocycles. The summed E-state index contributed by atoms with van der Waals surface area (Å²) in [5, 5.41) is 3.32. The highest BCUT2D eigenvalue weighted by Crippen LogP contribution is 2.17. The maximum atomic E-state index is 5.61. The van der Waals surface area contributed by atoms with Crippen LogP contribution in [0.4, 0.5) is 5.82 Å². The second-order valence-electron chi connectivity index (χ2n) is 5.72.